The Hall–Kier alpha value is -0.380. The Bertz CT molecular complexity index is 342. The van der Waals surface area contributed by atoms with Gasteiger partial charge in [0.15, 0.2) is 0 Å². The van der Waals surface area contributed by atoms with E-state index in [1.165, 1.54) is 30.6 Å². The molecule has 1 aliphatic carbocycles. The molecule has 3 heteroatoms. The van der Waals surface area contributed by atoms with Gasteiger partial charge in [-0.3, -0.25) is 0 Å². The van der Waals surface area contributed by atoms with Gasteiger partial charge in [0.25, 0.3) is 0 Å². The van der Waals surface area contributed by atoms with Gasteiger partial charge in [0, 0.05) is 17.5 Å². The summed E-state index contributed by atoms with van der Waals surface area (Å²) in [5.41, 5.74) is 6.48. The van der Waals surface area contributed by atoms with Crippen LogP contribution in [0.4, 0.5) is 0 Å². The van der Waals surface area contributed by atoms with Crippen LogP contribution in [0.1, 0.15) is 56.7 Å². The molecule has 0 aliphatic heterocycles. The van der Waals surface area contributed by atoms with Crippen molar-refractivity contribution in [1.29, 1.82) is 0 Å². The predicted molar refractivity (Wildman–Crippen MR) is 82.7 cm³/mol. The normalized spacial score (nSPS) is 20.9. The van der Waals surface area contributed by atoms with E-state index >= 15 is 0 Å². The summed E-state index contributed by atoms with van der Waals surface area (Å²) in [6.07, 6.45) is 9.64. The van der Waals surface area contributed by atoms with Crippen molar-refractivity contribution in [2.24, 2.45) is 5.73 Å². The summed E-state index contributed by atoms with van der Waals surface area (Å²) in [4.78, 5) is 1.44. The van der Waals surface area contributed by atoms with Gasteiger partial charge < -0.3 is 10.5 Å². The summed E-state index contributed by atoms with van der Waals surface area (Å²) in [7, 11) is 0. The maximum absolute atomic E-state index is 6.54. The summed E-state index contributed by atoms with van der Waals surface area (Å²) < 4.78 is 6.16. The lowest BCUT2D eigenvalue weighted by atomic mass is 9.84. The standard InChI is InChI=1S/C16H27NOS/c1-2-18-16(11-5-3-4-6-12-16)15(17)10-9-14-8-7-13-19-14/h7-8,13,15H,2-6,9-12,17H2,1H3. The highest BCUT2D eigenvalue weighted by Gasteiger charge is 2.37. The zero-order valence-electron chi connectivity index (χ0n) is 12.1. The Balaban J connectivity index is 1.96. The number of hydrogen-bond acceptors (Lipinski definition) is 3. The molecule has 0 radical (unpaired) electrons. The number of rotatable bonds is 6. The average molecular weight is 281 g/mol. The van der Waals surface area contributed by atoms with E-state index in [1.54, 1.807) is 0 Å². The molecule has 0 bridgehead atoms. The molecule has 1 saturated carbocycles. The molecule has 1 atom stereocenters. The molecule has 0 aromatic carbocycles. The molecule has 0 saturated heterocycles. The number of nitrogens with two attached hydrogens (primary N) is 1. The van der Waals surface area contributed by atoms with Crippen molar-refractivity contribution < 1.29 is 4.74 Å². The van der Waals surface area contributed by atoms with Crippen LogP contribution in [0.3, 0.4) is 0 Å². The second kappa shape index (κ2) is 7.41. The Kier molecular flexibility index (Phi) is 5.86. The molecular formula is C16H27NOS. The molecule has 0 spiro atoms. The molecule has 2 N–H and O–H groups in total. The molecule has 1 aromatic heterocycles. The number of ether oxygens (including phenoxy) is 1. The minimum Gasteiger partial charge on any atom is -0.374 e. The van der Waals surface area contributed by atoms with Gasteiger partial charge in [-0.2, -0.15) is 0 Å². The van der Waals surface area contributed by atoms with Crippen molar-refractivity contribution in [3.8, 4) is 0 Å². The highest BCUT2D eigenvalue weighted by Crippen LogP contribution is 2.34. The third-order valence-corrected chi connectivity index (χ3v) is 5.28. The zero-order valence-corrected chi connectivity index (χ0v) is 12.9. The molecule has 0 amide bonds. The van der Waals surface area contributed by atoms with Crippen LogP contribution in [0, 0.1) is 0 Å². The summed E-state index contributed by atoms with van der Waals surface area (Å²) >= 11 is 1.83. The number of aryl methyl sites for hydroxylation is 1. The Labute approximate surface area is 121 Å². The Morgan fingerprint density at radius 1 is 1.32 bits per heavy atom. The molecule has 2 nitrogen and oxygen atoms in total. The lowest BCUT2D eigenvalue weighted by Crippen LogP contribution is -2.50. The highest BCUT2D eigenvalue weighted by molar-refractivity contribution is 7.09. The smallest absolute Gasteiger partial charge is 0.0832 e. The van der Waals surface area contributed by atoms with Gasteiger partial charge in [-0.1, -0.05) is 31.7 Å². The summed E-state index contributed by atoms with van der Waals surface area (Å²) in [6, 6.07) is 4.50. The zero-order chi connectivity index (χ0) is 13.6. The number of thiophene rings is 1. The molecular weight excluding hydrogens is 254 g/mol. The van der Waals surface area contributed by atoms with Gasteiger partial charge in [-0.25, -0.2) is 0 Å². The Morgan fingerprint density at radius 2 is 2.05 bits per heavy atom. The minimum atomic E-state index is -0.0531. The maximum atomic E-state index is 6.54. The van der Waals surface area contributed by atoms with E-state index in [0.717, 1.165) is 32.3 Å². The molecule has 19 heavy (non-hydrogen) atoms. The maximum Gasteiger partial charge on any atom is 0.0832 e. The third kappa shape index (κ3) is 4.04. The van der Waals surface area contributed by atoms with Crippen LogP contribution >= 0.6 is 11.3 Å². The molecule has 1 heterocycles. The van der Waals surface area contributed by atoms with E-state index in [1.807, 2.05) is 11.3 Å². The SMILES string of the molecule is CCOC1(C(N)CCc2cccs2)CCCCCC1. The largest absolute Gasteiger partial charge is 0.374 e. The van der Waals surface area contributed by atoms with Crippen LogP contribution < -0.4 is 5.73 Å². The minimum absolute atomic E-state index is 0.0531. The molecule has 2 rings (SSSR count). The molecule has 108 valence electrons. The van der Waals surface area contributed by atoms with E-state index in [-0.39, 0.29) is 11.6 Å². The van der Waals surface area contributed by atoms with Crippen molar-refractivity contribution >= 4 is 11.3 Å². The fourth-order valence-corrected chi connectivity index (χ4v) is 3.98. The van der Waals surface area contributed by atoms with Crippen molar-refractivity contribution in [3.05, 3.63) is 22.4 Å². The fourth-order valence-electron chi connectivity index (χ4n) is 3.25. The first-order valence-electron chi connectivity index (χ1n) is 7.69. The van der Waals surface area contributed by atoms with Gasteiger partial charge in [-0.05, 0) is 44.1 Å². The van der Waals surface area contributed by atoms with Crippen molar-refractivity contribution in [2.45, 2.75) is 69.9 Å². The average Bonchev–Trinajstić information content (AvgIpc) is 2.82. The Morgan fingerprint density at radius 3 is 2.63 bits per heavy atom. The van der Waals surface area contributed by atoms with Crippen LogP contribution in [0.25, 0.3) is 0 Å². The lowest BCUT2D eigenvalue weighted by molar-refractivity contribution is -0.0699. The van der Waals surface area contributed by atoms with Crippen molar-refractivity contribution in [1.82, 2.24) is 0 Å². The van der Waals surface area contributed by atoms with Gasteiger partial charge in [0.2, 0.25) is 0 Å². The van der Waals surface area contributed by atoms with Gasteiger partial charge in [0.1, 0.15) is 0 Å². The van der Waals surface area contributed by atoms with E-state index in [4.69, 9.17) is 10.5 Å². The van der Waals surface area contributed by atoms with Crippen molar-refractivity contribution in [2.75, 3.05) is 6.61 Å². The first-order valence-corrected chi connectivity index (χ1v) is 8.57. The van der Waals surface area contributed by atoms with Crippen LogP contribution in [0.15, 0.2) is 17.5 Å². The second-order valence-corrected chi connectivity index (χ2v) is 6.67. The third-order valence-electron chi connectivity index (χ3n) is 4.34. The molecule has 1 aliphatic rings. The highest BCUT2D eigenvalue weighted by atomic mass is 32.1. The fraction of sp³-hybridized carbons (Fsp3) is 0.750. The van der Waals surface area contributed by atoms with Crippen LogP contribution in [-0.4, -0.2) is 18.2 Å². The number of hydrogen-bond donors (Lipinski definition) is 1. The predicted octanol–water partition coefficient (Wildman–Crippen LogP) is 4.14. The first-order chi connectivity index (χ1) is 9.27. The van der Waals surface area contributed by atoms with Crippen LogP contribution in [0.2, 0.25) is 0 Å². The van der Waals surface area contributed by atoms with Crippen molar-refractivity contribution in [3.63, 3.8) is 0 Å². The van der Waals surface area contributed by atoms with Gasteiger partial charge in [0.05, 0.1) is 5.60 Å². The summed E-state index contributed by atoms with van der Waals surface area (Å²) in [6.45, 7) is 2.88. The topological polar surface area (TPSA) is 35.2 Å². The molecule has 1 aromatic rings. The van der Waals surface area contributed by atoms with E-state index in [9.17, 15) is 0 Å². The van der Waals surface area contributed by atoms with Gasteiger partial charge >= 0.3 is 0 Å². The van der Waals surface area contributed by atoms with E-state index < -0.39 is 0 Å². The van der Waals surface area contributed by atoms with Crippen LogP contribution in [0.5, 0.6) is 0 Å². The summed E-state index contributed by atoms with van der Waals surface area (Å²) in [5.74, 6) is 0. The quantitative estimate of drug-likeness (QED) is 0.795. The molecule has 1 fully saturated rings. The van der Waals surface area contributed by atoms with E-state index in [0.29, 0.717) is 0 Å². The molecule has 1 unspecified atom stereocenters. The lowest BCUT2D eigenvalue weighted by Gasteiger charge is -2.38. The van der Waals surface area contributed by atoms with Gasteiger partial charge in [-0.15, -0.1) is 11.3 Å². The monoisotopic (exact) mass is 281 g/mol. The second-order valence-electron chi connectivity index (χ2n) is 5.64. The summed E-state index contributed by atoms with van der Waals surface area (Å²) in [5, 5.41) is 2.14. The van der Waals surface area contributed by atoms with E-state index in [2.05, 4.69) is 24.4 Å². The first kappa shape index (κ1) is 15.0. The van der Waals surface area contributed by atoms with Crippen LogP contribution in [-0.2, 0) is 11.2 Å².